The third kappa shape index (κ3) is 5.42. The third-order valence-corrected chi connectivity index (χ3v) is 5.43. The molecule has 0 unspecified atom stereocenters. The van der Waals surface area contributed by atoms with Gasteiger partial charge in [-0.25, -0.2) is 4.98 Å². The van der Waals surface area contributed by atoms with E-state index in [1.807, 2.05) is 26.2 Å². The molecule has 0 radical (unpaired) electrons. The highest BCUT2D eigenvalue weighted by Gasteiger charge is 2.25. The van der Waals surface area contributed by atoms with Gasteiger partial charge in [0.1, 0.15) is 0 Å². The molecule has 0 atom stereocenters. The van der Waals surface area contributed by atoms with Crippen LogP contribution in [0.2, 0.25) is 0 Å². The van der Waals surface area contributed by atoms with E-state index >= 15 is 0 Å². The lowest BCUT2D eigenvalue weighted by Crippen LogP contribution is -2.40. The first-order chi connectivity index (χ1) is 9.55. The van der Waals surface area contributed by atoms with Crippen molar-refractivity contribution in [1.82, 2.24) is 10.3 Å². The number of carbonyl (C=O) groups is 1. The maximum absolute atomic E-state index is 11.8. The first kappa shape index (κ1) is 17.5. The van der Waals surface area contributed by atoms with Crippen molar-refractivity contribution in [3.63, 3.8) is 0 Å². The van der Waals surface area contributed by atoms with Crippen LogP contribution in [0, 0.1) is 12.3 Å². The Hall–Kier alpha value is -0.590. The van der Waals surface area contributed by atoms with E-state index in [2.05, 4.69) is 10.3 Å². The third-order valence-electron chi connectivity index (χ3n) is 3.65. The van der Waals surface area contributed by atoms with E-state index in [1.165, 1.54) is 0 Å². The summed E-state index contributed by atoms with van der Waals surface area (Å²) in [5.74, 6) is 1.23. The van der Waals surface area contributed by atoms with Crippen molar-refractivity contribution in [2.45, 2.75) is 39.4 Å². The molecule has 0 fully saturated rings. The minimum Gasteiger partial charge on any atom is -0.396 e. The van der Waals surface area contributed by atoms with Crippen LogP contribution >= 0.6 is 23.1 Å². The Balaban J connectivity index is 2.26. The van der Waals surface area contributed by atoms with Gasteiger partial charge in [0, 0.05) is 23.1 Å². The maximum atomic E-state index is 11.8. The van der Waals surface area contributed by atoms with Gasteiger partial charge in [-0.1, -0.05) is 13.8 Å². The van der Waals surface area contributed by atoms with Gasteiger partial charge in [-0.15, -0.1) is 23.1 Å². The summed E-state index contributed by atoms with van der Waals surface area (Å²) < 4.78 is 0. The first-order valence-electron chi connectivity index (χ1n) is 6.91. The second-order valence-corrected chi connectivity index (χ2v) is 7.04. The van der Waals surface area contributed by atoms with E-state index in [9.17, 15) is 9.90 Å². The molecular weight excluding hydrogens is 292 g/mol. The number of aliphatic hydroxyl groups excluding tert-OH is 1. The van der Waals surface area contributed by atoms with Gasteiger partial charge in [-0.05, 0) is 19.8 Å². The summed E-state index contributed by atoms with van der Waals surface area (Å²) in [5.41, 5.74) is 0.865. The van der Waals surface area contributed by atoms with Gasteiger partial charge in [-0.3, -0.25) is 4.79 Å². The average molecular weight is 316 g/mol. The molecule has 6 heteroatoms. The zero-order chi connectivity index (χ0) is 15.0. The van der Waals surface area contributed by atoms with Gasteiger partial charge in [-0.2, -0.15) is 0 Å². The van der Waals surface area contributed by atoms with Crippen LogP contribution in [0.3, 0.4) is 0 Å². The van der Waals surface area contributed by atoms with Gasteiger partial charge in [0.15, 0.2) is 0 Å². The number of rotatable bonds is 9. The second-order valence-electron chi connectivity index (χ2n) is 4.99. The number of thiazole rings is 1. The van der Waals surface area contributed by atoms with Crippen LogP contribution in [0.4, 0.5) is 0 Å². The normalized spacial score (nSPS) is 11.6. The zero-order valence-electron chi connectivity index (χ0n) is 12.4. The number of amides is 1. The molecule has 1 aromatic rings. The SMILES string of the molecule is CCC(CC)(CO)CNC(=O)CSCc1csc(C)n1. The molecule has 0 saturated heterocycles. The van der Waals surface area contributed by atoms with Gasteiger partial charge in [0.2, 0.25) is 5.91 Å². The maximum Gasteiger partial charge on any atom is 0.230 e. The summed E-state index contributed by atoms with van der Waals surface area (Å²) in [5, 5.41) is 15.5. The average Bonchev–Trinajstić information content (AvgIpc) is 2.87. The van der Waals surface area contributed by atoms with Crippen LogP contribution in [0.25, 0.3) is 0 Å². The number of nitrogens with zero attached hydrogens (tertiary/aromatic N) is 1. The fourth-order valence-electron chi connectivity index (χ4n) is 1.84. The number of hydrogen-bond donors (Lipinski definition) is 2. The molecule has 114 valence electrons. The van der Waals surface area contributed by atoms with Gasteiger partial charge in [0.25, 0.3) is 0 Å². The highest BCUT2D eigenvalue weighted by molar-refractivity contribution is 7.99. The molecule has 1 aromatic heterocycles. The summed E-state index contributed by atoms with van der Waals surface area (Å²) in [4.78, 5) is 16.2. The molecule has 0 aromatic carbocycles. The Kier molecular flexibility index (Phi) is 7.55. The second kappa shape index (κ2) is 8.64. The highest BCUT2D eigenvalue weighted by Crippen LogP contribution is 2.24. The first-order valence-corrected chi connectivity index (χ1v) is 8.95. The van der Waals surface area contributed by atoms with Crippen LogP contribution in [-0.4, -0.2) is 34.9 Å². The number of thioether (sulfide) groups is 1. The molecule has 0 aliphatic heterocycles. The summed E-state index contributed by atoms with van der Waals surface area (Å²) in [7, 11) is 0. The number of carbonyl (C=O) groups excluding carboxylic acids is 1. The van der Waals surface area contributed by atoms with E-state index in [0.29, 0.717) is 12.3 Å². The molecule has 0 aliphatic carbocycles. The van der Waals surface area contributed by atoms with Gasteiger partial charge in [0.05, 0.1) is 23.1 Å². The zero-order valence-corrected chi connectivity index (χ0v) is 14.1. The van der Waals surface area contributed by atoms with E-state index in [4.69, 9.17) is 0 Å². The van der Waals surface area contributed by atoms with Crippen molar-refractivity contribution in [3.8, 4) is 0 Å². The van der Waals surface area contributed by atoms with Crippen LogP contribution in [-0.2, 0) is 10.5 Å². The number of aliphatic hydroxyl groups is 1. The number of nitrogens with one attached hydrogen (secondary N) is 1. The quantitative estimate of drug-likeness (QED) is 0.735. The lowest BCUT2D eigenvalue weighted by molar-refractivity contribution is -0.119. The number of aromatic nitrogens is 1. The molecule has 1 rings (SSSR count). The smallest absolute Gasteiger partial charge is 0.230 e. The van der Waals surface area contributed by atoms with Crippen LogP contribution < -0.4 is 5.32 Å². The molecule has 2 N–H and O–H groups in total. The van der Waals surface area contributed by atoms with Crippen LogP contribution in [0.15, 0.2) is 5.38 Å². The summed E-state index contributed by atoms with van der Waals surface area (Å²) >= 11 is 3.20. The van der Waals surface area contributed by atoms with Crippen molar-refractivity contribution < 1.29 is 9.90 Å². The minimum absolute atomic E-state index is 0.0293. The Morgan fingerprint density at radius 2 is 2.20 bits per heavy atom. The predicted octanol–water partition coefficient (Wildman–Crippen LogP) is 2.60. The summed E-state index contributed by atoms with van der Waals surface area (Å²) in [6.07, 6.45) is 1.73. The van der Waals surface area contributed by atoms with Gasteiger partial charge >= 0.3 is 0 Å². The van der Waals surface area contributed by atoms with E-state index < -0.39 is 0 Å². The fraction of sp³-hybridized carbons (Fsp3) is 0.714. The van der Waals surface area contributed by atoms with E-state index in [-0.39, 0.29) is 17.9 Å². The van der Waals surface area contributed by atoms with Crippen molar-refractivity contribution in [3.05, 3.63) is 16.1 Å². The molecule has 4 nitrogen and oxygen atoms in total. The van der Waals surface area contributed by atoms with Crippen molar-refractivity contribution in [1.29, 1.82) is 0 Å². The van der Waals surface area contributed by atoms with Crippen LogP contribution in [0.5, 0.6) is 0 Å². The minimum atomic E-state index is -0.174. The molecule has 0 bridgehead atoms. The molecule has 0 saturated carbocycles. The van der Waals surface area contributed by atoms with Crippen molar-refractivity contribution in [2.75, 3.05) is 18.9 Å². The summed E-state index contributed by atoms with van der Waals surface area (Å²) in [6.45, 7) is 6.74. The standard InChI is InChI=1S/C14H24N2O2S2/c1-4-14(5-2,10-17)9-15-13(18)8-19-6-12-7-20-11(3)16-12/h7,17H,4-6,8-10H2,1-3H3,(H,15,18). The van der Waals surface area contributed by atoms with E-state index in [1.54, 1.807) is 23.1 Å². The topological polar surface area (TPSA) is 62.2 Å². The molecule has 1 heterocycles. The number of aryl methyl sites for hydroxylation is 1. The number of hydrogen-bond acceptors (Lipinski definition) is 5. The lowest BCUT2D eigenvalue weighted by Gasteiger charge is -2.29. The summed E-state index contributed by atoms with van der Waals surface area (Å²) in [6, 6.07) is 0. The van der Waals surface area contributed by atoms with Crippen LogP contribution in [0.1, 0.15) is 37.4 Å². The highest BCUT2D eigenvalue weighted by atomic mass is 32.2. The van der Waals surface area contributed by atoms with Crippen molar-refractivity contribution >= 4 is 29.0 Å². The Bertz CT molecular complexity index is 409. The van der Waals surface area contributed by atoms with Gasteiger partial charge < -0.3 is 10.4 Å². The fourth-order valence-corrected chi connectivity index (χ4v) is 3.30. The molecule has 20 heavy (non-hydrogen) atoms. The Morgan fingerprint density at radius 1 is 1.50 bits per heavy atom. The molecule has 1 amide bonds. The molecular formula is C14H24N2O2S2. The Labute approximate surface area is 129 Å². The lowest BCUT2D eigenvalue weighted by atomic mass is 9.83. The predicted molar refractivity (Wildman–Crippen MR) is 86.1 cm³/mol. The largest absolute Gasteiger partial charge is 0.396 e. The molecule has 0 spiro atoms. The molecule has 0 aliphatic rings. The van der Waals surface area contributed by atoms with E-state index in [0.717, 1.165) is 29.3 Å². The van der Waals surface area contributed by atoms with Crippen molar-refractivity contribution in [2.24, 2.45) is 5.41 Å². The Morgan fingerprint density at radius 3 is 2.70 bits per heavy atom. The monoisotopic (exact) mass is 316 g/mol.